The molecule has 0 radical (unpaired) electrons. The number of amides is 2. The minimum atomic E-state index is -1.38. The summed E-state index contributed by atoms with van der Waals surface area (Å²) in [6.07, 6.45) is -1.14. The molecule has 1 fully saturated rings. The van der Waals surface area contributed by atoms with E-state index < -0.39 is 48.1 Å². The van der Waals surface area contributed by atoms with Gasteiger partial charge in [0.15, 0.2) is 23.2 Å². The topological polar surface area (TPSA) is 171 Å². The first-order chi connectivity index (χ1) is 35.2. The summed E-state index contributed by atoms with van der Waals surface area (Å²) in [4.78, 5) is 44.4. The Morgan fingerprint density at radius 3 is 1.89 bits per heavy atom. The number of ether oxygens (including phenoxy) is 5. The lowest BCUT2D eigenvalue weighted by Gasteiger charge is -2.37. The number of aliphatic hydroxyl groups is 1. The first kappa shape index (κ1) is 47.6. The van der Waals surface area contributed by atoms with Gasteiger partial charge in [-0.1, -0.05) is 133 Å². The molecule has 15 nitrogen and oxygen atoms in total. The fourth-order valence-electron chi connectivity index (χ4n) is 10.0. The van der Waals surface area contributed by atoms with Crippen LogP contribution in [0.1, 0.15) is 45.5 Å². The van der Waals surface area contributed by atoms with E-state index in [0.29, 0.717) is 28.5 Å². The molecule has 8 aromatic rings. The van der Waals surface area contributed by atoms with Crippen molar-refractivity contribution in [2.45, 2.75) is 48.5 Å². The number of nitrogens with zero attached hydrogens (tertiary/aromatic N) is 5. The summed E-state index contributed by atoms with van der Waals surface area (Å²) < 4.78 is 32.9. The monoisotopic (exact) mass is 966 g/mol. The van der Waals surface area contributed by atoms with E-state index in [1.165, 1.54) is 6.33 Å². The van der Waals surface area contributed by atoms with Crippen molar-refractivity contribution >= 4 is 29.0 Å². The largest absolute Gasteiger partial charge is 0.497 e. The predicted molar refractivity (Wildman–Crippen MR) is 272 cm³/mol. The highest BCUT2D eigenvalue weighted by Crippen LogP contribution is 2.45. The molecule has 10 rings (SSSR count). The molecule has 0 spiro atoms. The van der Waals surface area contributed by atoms with Crippen molar-refractivity contribution in [2.75, 3.05) is 46.4 Å². The van der Waals surface area contributed by atoms with Gasteiger partial charge < -0.3 is 44.3 Å². The van der Waals surface area contributed by atoms with E-state index in [1.807, 2.05) is 165 Å². The number of aromatic nitrogens is 4. The van der Waals surface area contributed by atoms with Gasteiger partial charge in [0, 0.05) is 26.4 Å². The molecule has 72 heavy (non-hydrogen) atoms. The molecule has 1 aliphatic carbocycles. The van der Waals surface area contributed by atoms with Gasteiger partial charge in [0.1, 0.15) is 48.3 Å². The lowest BCUT2D eigenvalue weighted by atomic mass is 9.80. The molecule has 0 saturated carbocycles. The Hall–Kier alpha value is -8.11. The number of alkyl carbamates (subject to hydrolysis) is 1. The Morgan fingerprint density at radius 2 is 1.29 bits per heavy atom. The summed E-state index contributed by atoms with van der Waals surface area (Å²) in [6.45, 7) is -0.0987. The van der Waals surface area contributed by atoms with Crippen molar-refractivity contribution in [2.24, 2.45) is 0 Å². The summed E-state index contributed by atoms with van der Waals surface area (Å²) in [5, 5.41) is 18.5. The van der Waals surface area contributed by atoms with Crippen LogP contribution in [0.2, 0.25) is 0 Å². The summed E-state index contributed by atoms with van der Waals surface area (Å²) >= 11 is 0. The number of benzene rings is 6. The van der Waals surface area contributed by atoms with Crippen molar-refractivity contribution in [1.29, 1.82) is 0 Å². The van der Waals surface area contributed by atoms with Crippen LogP contribution in [0.3, 0.4) is 0 Å². The van der Waals surface area contributed by atoms with Gasteiger partial charge in [-0.3, -0.25) is 9.36 Å². The second kappa shape index (κ2) is 20.7. The molecular weight excluding hydrogens is 912 g/mol. The Bertz CT molecular complexity index is 3060. The van der Waals surface area contributed by atoms with Crippen LogP contribution < -0.4 is 25.0 Å². The van der Waals surface area contributed by atoms with E-state index in [-0.39, 0.29) is 25.6 Å². The third-order valence-electron chi connectivity index (χ3n) is 13.6. The molecule has 5 atom stereocenters. The maximum atomic E-state index is 15.0. The molecule has 15 heteroatoms. The Kier molecular flexibility index (Phi) is 13.7. The van der Waals surface area contributed by atoms with Crippen LogP contribution in [0.4, 0.5) is 10.6 Å². The number of rotatable bonds is 17. The number of imidazole rings is 1. The first-order valence-corrected chi connectivity index (χ1v) is 23.8. The molecule has 3 N–H and O–H groups in total. The Morgan fingerprint density at radius 1 is 0.722 bits per heavy atom. The molecule has 2 aromatic heterocycles. The van der Waals surface area contributed by atoms with Crippen molar-refractivity contribution in [3.63, 3.8) is 0 Å². The fraction of sp³-hybridized carbons (Fsp3) is 0.246. The van der Waals surface area contributed by atoms with Crippen LogP contribution >= 0.6 is 0 Å². The fourth-order valence-corrected chi connectivity index (χ4v) is 10.0. The number of nitrogens with one attached hydrogen (secondary N) is 2. The maximum absolute atomic E-state index is 15.0. The zero-order valence-electron chi connectivity index (χ0n) is 40.3. The molecule has 2 aliphatic rings. The van der Waals surface area contributed by atoms with Crippen LogP contribution in [-0.4, -0.2) is 102 Å². The third kappa shape index (κ3) is 9.20. The molecule has 0 unspecified atom stereocenters. The van der Waals surface area contributed by atoms with E-state index in [9.17, 15) is 14.7 Å². The zero-order chi connectivity index (χ0) is 49.8. The van der Waals surface area contributed by atoms with Crippen LogP contribution in [0.25, 0.3) is 22.3 Å². The maximum Gasteiger partial charge on any atom is 0.407 e. The van der Waals surface area contributed by atoms with Crippen molar-refractivity contribution in [3.8, 4) is 22.6 Å². The summed E-state index contributed by atoms with van der Waals surface area (Å²) in [5.41, 5.74) is 7.12. The molecule has 1 saturated heterocycles. The van der Waals surface area contributed by atoms with Gasteiger partial charge in [-0.2, -0.15) is 0 Å². The highest BCUT2D eigenvalue weighted by atomic mass is 16.6. The van der Waals surface area contributed by atoms with Crippen molar-refractivity contribution in [3.05, 3.63) is 204 Å². The van der Waals surface area contributed by atoms with Crippen LogP contribution in [0, 0.1) is 0 Å². The molecule has 0 bridgehead atoms. The first-order valence-electron chi connectivity index (χ1n) is 23.8. The number of carbonyl (C=O) groups excluding carboxylic acids is 2. The quantitative estimate of drug-likeness (QED) is 0.0598. The lowest BCUT2D eigenvalue weighted by Crippen LogP contribution is -2.56. The minimum Gasteiger partial charge on any atom is -0.497 e. The summed E-state index contributed by atoms with van der Waals surface area (Å²) in [5.74, 6) is 1.14. The SMILES string of the molecule is COc1ccc(C(OC[C@H]2O[C@@H](n3cnc4c(N(C)C)ncnc43)[C@H](O)[C@@H]2NC(=O)[C@H](Cc2ccccc2)[15NH]C(=O)OCC2c3ccccc3-c3ccccc32)(c2ccccc2)c2ccc(OC)cc2)cc1. The molecular formula is C57H55N7O8. The molecule has 2 amide bonds. The average molecular weight is 967 g/mol. The van der Waals surface area contributed by atoms with Gasteiger partial charge >= 0.3 is 6.09 Å². The number of methoxy groups -OCH3 is 2. The van der Waals surface area contributed by atoms with E-state index in [4.69, 9.17) is 23.7 Å². The normalized spacial score (nSPS) is 17.7. The minimum absolute atomic E-state index is 0.0549. The molecule has 6 aromatic carbocycles. The zero-order valence-corrected chi connectivity index (χ0v) is 40.3. The second-order valence-electron chi connectivity index (χ2n) is 18.0. The van der Waals surface area contributed by atoms with E-state index >= 15 is 0 Å². The number of carbonyl (C=O) groups is 2. The molecule has 366 valence electrons. The van der Waals surface area contributed by atoms with Gasteiger partial charge in [-0.15, -0.1) is 0 Å². The van der Waals surface area contributed by atoms with Gasteiger partial charge in [0.25, 0.3) is 0 Å². The number of aliphatic hydroxyl groups excluding tert-OH is 1. The highest BCUT2D eigenvalue weighted by Gasteiger charge is 2.49. The van der Waals surface area contributed by atoms with Crippen LogP contribution in [-0.2, 0) is 31.0 Å². The van der Waals surface area contributed by atoms with Crippen LogP contribution in [0.15, 0.2) is 170 Å². The van der Waals surface area contributed by atoms with Gasteiger partial charge in [0.05, 0.1) is 33.2 Å². The number of hydrogen-bond donors (Lipinski definition) is 3. The summed E-state index contributed by atoms with van der Waals surface area (Å²) in [7, 11) is 6.94. The number of hydrogen-bond acceptors (Lipinski definition) is 12. The van der Waals surface area contributed by atoms with Gasteiger partial charge in [0.2, 0.25) is 5.91 Å². The number of anilines is 1. The smallest absolute Gasteiger partial charge is 0.407 e. The predicted octanol–water partition coefficient (Wildman–Crippen LogP) is 7.81. The second-order valence-corrected chi connectivity index (χ2v) is 18.0. The lowest BCUT2D eigenvalue weighted by molar-refractivity contribution is -0.125. The van der Waals surface area contributed by atoms with Crippen LogP contribution in [0.5, 0.6) is 11.5 Å². The standard InChI is InChI=1S/C57H55N7O8/c1-63(2)52-50-53(59-34-58-52)64(35-60-50)55-51(65)49(48(72-55)33-71-57(37-17-9-6-10-18-37,38-23-27-40(68-3)28-24-38)39-25-29-41(69-4)30-26-39)62-54(66)47(31-36-15-7-5-8-16-36)61-56(67)70-32-46-44-21-13-11-19-42(44)43-20-12-14-22-45(43)46/h5-30,34-35,46-49,51,55,65H,31-33H2,1-4H3,(H,61,67)(H,62,66)/t47-,48+,49+,51+,55+/m0/s1/i61+1. The summed E-state index contributed by atoms with van der Waals surface area (Å²) in [6, 6.07) is 48.5. The average Bonchev–Trinajstić information content (AvgIpc) is 4.09. The third-order valence-corrected chi connectivity index (χ3v) is 13.6. The van der Waals surface area contributed by atoms with E-state index in [0.717, 1.165) is 44.5 Å². The highest BCUT2D eigenvalue weighted by molar-refractivity contribution is 5.87. The Labute approximate surface area is 417 Å². The van der Waals surface area contributed by atoms with Crippen molar-refractivity contribution < 1.29 is 38.4 Å². The van der Waals surface area contributed by atoms with Gasteiger partial charge in [-0.05, 0) is 68.8 Å². The molecule has 3 heterocycles. The molecule has 1 aliphatic heterocycles. The van der Waals surface area contributed by atoms with E-state index in [2.05, 4.69) is 37.7 Å². The van der Waals surface area contributed by atoms with E-state index in [1.54, 1.807) is 25.1 Å². The van der Waals surface area contributed by atoms with Gasteiger partial charge in [-0.25, -0.2) is 19.7 Å². The number of fused-ring (bicyclic) bond motifs is 4. The Balaban J connectivity index is 0.989. The van der Waals surface area contributed by atoms with Crippen molar-refractivity contribution in [1.82, 2.24) is 30.2 Å².